The number of Topliss-reactive ketones (excluding diaryl/α,β-unsaturated/α-hetero) is 1. The second-order valence-corrected chi connectivity index (χ2v) is 5.19. The van der Waals surface area contributed by atoms with Crippen molar-refractivity contribution < 1.29 is 23.9 Å². The average molecular weight is 298 g/mol. The third kappa shape index (κ3) is 5.61. The number of imide groups is 1. The third-order valence-electron chi connectivity index (χ3n) is 2.20. The van der Waals surface area contributed by atoms with Crippen LogP contribution in [0, 0.1) is 6.92 Å². The fraction of sp³-hybridized carbons (Fsp3) is 0.333. The van der Waals surface area contributed by atoms with Gasteiger partial charge in [0.2, 0.25) is 0 Å². The summed E-state index contributed by atoms with van der Waals surface area (Å²) in [5, 5.41) is 1.75. The average Bonchev–Trinajstić information content (AvgIpc) is 2.79. The molecule has 0 aliphatic carbocycles. The van der Waals surface area contributed by atoms with E-state index in [4.69, 9.17) is 5.73 Å². The number of hydrogen-bond acceptors (Lipinski definition) is 6. The smallest absolute Gasteiger partial charge is 0.318 e. The number of esters is 1. The molecule has 0 saturated heterocycles. The first kappa shape index (κ1) is 15.8. The van der Waals surface area contributed by atoms with E-state index >= 15 is 0 Å². The predicted octanol–water partition coefficient (Wildman–Crippen LogP) is 0.758. The Morgan fingerprint density at radius 2 is 1.95 bits per heavy atom. The maximum absolute atomic E-state index is 11.7. The van der Waals surface area contributed by atoms with Crippen LogP contribution in [0.5, 0.6) is 0 Å². The van der Waals surface area contributed by atoms with Crippen molar-refractivity contribution >= 4 is 35.0 Å². The number of thiophene rings is 1. The van der Waals surface area contributed by atoms with E-state index in [-0.39, 0.29) is 18.6 Å². The molecule has 108 valence electrons. The minimum Gasteiger partial charge on any atom is -0.456 e. The molecule has 0 aliphatic rings. The Labute approximate surface area is 119 Å². The van der Waals surface area contributed by atoms with Gasteiger partial charge >= 0.3 is 12.0 Å². The van der Waals surface area contributed by atoms with E-state index in [0.717, 1.165) is 4.88 Å². The molecule has 0 fully saturated rings. The van der Waals surface area contributed by atoms with Crippen LogP contribution in [0.3, 0.4) is 0 Å². The number of amides is 3. The molecule has 3 amide bonds. The first-order chi connectivity index (χ1) is 9.38. The Hall–Kier alpha value is -2.22. The van der Waals surface area contributed by atoms with Crippen LogP contribution in [0.15, 0.2) is 12.1 Å². The van der Waals surface area contributed by atoms with Crippen LogP contribution in [0.4, 0.5) is 4.79 Å². The summed E-state index contributed by atoms with van der Waals surface area (Å²) >= 11 is 1.36. The number of primary amides is 1. The molecule has 0 spiro atoms. The highest BCUT2D eigenvalue weighted by Gasteiger charge is 2.13. The topological polar surface area (TPSA) is 116 Å². The van der Waals surface area contributed by atoms with Gasteiger partial charge in [0.1, 0.15) is 0 Å². The fourth-order valence-corrected chi connectivity index (χ4v) is 2.15. The summed E-state index contributed by atoms with van der Waals surface area (Å²) < 4.78 is 4.59. The number of urea groups is 1. The Bertz CT molecular complexity index is 538. The van der Waals surface area contributed by atoms with Gasteiger partial charge in [-0.05, 0) is 19.1 Å². The van der Waals surface area contributed by atoms with Crippen molar-refractivity contribution in [1.29, 1.82) is 0 Å². The van der Waals surface area contributed by atoms with Gasteiger partial charge in [0, 0.05) is 11.3 Å². The van der Waals surface area contributed by atoms with Crippen LogP contribution < -0.4 is 11.1 Å². The monoisotopic (exact) mass is 298 g/mol. The van der Waals surface area contributed by atoms with E-state index < -0.39 is 24.5 Å². The molecule has 1 aromatic rings. The second-order valence-electron chi connectivity index (χ2n) is 3.91. The molecule has 3 N–H and O–H groups in total. The summed E-state index contributed by atoms with van der Waals surface area (Å²) in [6.07, 6.45) is -0.115. The SMILES string of the molecule is Cc1ccc(C(=O)CCC(=O)OCC(=O)NC(N)=O)s1. The second kappa shape index (κ2) is 7.39. The predicted molar refractivity (Wildman–Crippen MR) is 71.3 cm³/mol. The Balaban J connectivity index is 2.28. The molecule has 1 heterocycles. The molecule has 8 heteroatoms. The van der Waals surface area contributed by atoms with Crippen LogP contribution in [0.1, 0.15) is 27.4 Å². The number of carbonyl (C=O) groups is 4. The molecule has 0 aliphatic heterocycles. The summed E-state index contributed by atoms with van der Waals surface area (Å²) in [5.41, 5.74) is 4.71. The van der Waals surface area contributed by atoms with Gasteiger partial charge < -0.3 is 10.5 Å². The highest BCUT2D eigenvalue weighted by Crippen LogP contribution is 2.17. The lowest BCUT2D eigenvalue weighted by Gasteiger charge is -2.03. The van der Waals surface area contributed by atoms with E-state index in [1.165, 1.54) is 11.3 Å². The normalized spacial score (nSPS) is 9.85. The number of rotatable bonds is 6. The van der Waals surface area contributed by atoms with Gasteiger partial charge in [-0.1, -0.05) is 0 Å². The van der Waals surface area contributed by atoms with Crippen molar-refractivity contribution in [3.05, 3.63) is 21.9 Å². The zero-order chi connectivity index (χ0) is 15.1. The number of carbonyl (C=O) groups excluding carboxylic acids is 4. The lowest BCUT2D eigenvalue weighted by atomic mass is 10.2. The van der Waals surface area contributed by atoms with Crippen LogP contribution in [0.25, 0.3) is 0 Å². The largest absolute Gasteiger partial charge is 0.456 e. The lowest BCUT2D eigenvalue weighted by molar-refractivity contribution is -0.148. The summed E-state index contributed by atoms with van der Waals surface area (Å²) in [6.45, 7) is 1.28. The first-order valence-corrected chi connectivity index (χ1v) is 6.54. The van der Waals surface area contributed by atoms with Crippen LogP contribution >= 0.6 is 11.3 Å². The number of ether oxygens (including phenoxy) is 1. The molecule has 0 radical (unpaired) electrons. The molecular formula is C12H14N2O5S. The van der Waals surface area contributed by atoms with Crippen molar-refractivity contribution in [2.24, 2.45) is 5.73 Å². The van der Waals surface area contributed by atoms with E-state index in [1.54, 1.807) is 11.4 Å². The molecule has 0 aromatic carbocycles. The minimum atomic E-state index is -1.02. The number of nitrogens with two attached hydrogens (primary N) is 1. The molecule has 1 rings (SSSR count). The molecule has 1 aromatic heterocycles. The number of aryl methyl sites for hydroxylation is 1. The summed E-state index contributed by atoms with van der Waals surface area (Å²) in [6, 6.07) is 2.51. The van der Waals surface area contributed by atoms with Crippen LogP contribution in [-0.4, -0.2) is 30.3 Å². The number of hydrogen-bond donors (Lipinski definition) is 2. The van der Waals surface area contributed by atoms with Crippen molar-refractivity contribution in [1.82, 2.24) is 5.32 Å². The Kier molecular flexibility index (Phi) is 5.85. The summed E-state index contributed by atoms with van der Waals surface area (Å²) in [7, 11) is 0. The van der Waals surface area contributed by atoms with E-state index in [0.29, 0.717) is 4.88 Å². The zero-order valence-electron chi connectivity index (χ0n) is 10.8. The zero-order valence-corrected chi connectivity index (χ0v) is 11.6. The molecule has 7 nitrogen and oxygen atoms in total. The lowest BCUT2D eigenvalue weighted by Crippen LogP contribution is -2.37. The quantitative estimate of drug-likeness (QED) is 0.594. The van der Waals surface area contributed by atoms with Gasteiger partial charge in [0.05, 0.1) is 11.3 Å². The van der Waals surface area contributed by atoms with Gasteiger partial charge in [0.25, 0.3) is 5.91 Å². The van der Waals surface area contributed by atoms with E-state index in [1.807, 2.05) is 13.0 Å². The Morgan fingerprint density at radius 1 is 1.25 bits per heavy atom. The third-order valence-corrected chi connectivity index (χ3v) is 3.24. The maximum atomic E-state index is 11.7. The van der Waals surface area contributed by atoms with Gasteiger partial charge in [-0.3, -0.25) is 19.7 Å². The Morgan fingerprint density at radius 3 is 2.50 bits per heavy atom. The molecule has 0 unspecified atom stereocenters. The summed E-state index contributed by atoms with van der Waals surface area (Å²) in [4.78, 5) is 45.9. The van der Waals surface area contributed by atoms with Gasteiger partial charge in [-0.2, -0.15) is 0 Å². The fourth-order valence-electron chi connectivity index (χ4n) is 1.31. The van der Waals surface area contributed by atoms with Gasteiger partial charge in [0.15, 0.2) is 12.4 Å². The standard InChI is InChI=1S/C12H14N2O5S/c1-7-2-4-9(20-7)8(15)3-5-11(17)19-6-10(16)14-12(13)18/h2,4H,3,5-6H2,1H3,(H3,13,14,16,18). The van der Waals surface area contributed by atoms with Gasteiger partial charge in [-0.25, -0.2) is 4.79 Å². The highest BCUT2D eigenvalue weighted by molar-refractivity contribution is 7.14. The van der Waals surface area contributed by atoms with Crippen molar-refractivity contribution in [2.45, 2.75) is 19.8 Å². The molecule has 0 saturated carbocycles. The van der Waals surface area contributed by atoms with Crippen molar-refractivity contribution in [2.75, 3.05) is 6.61 Å². The first-order valence-electron chi connectivity index (χ1n) is 5.73. The van der Waals surface area contributed by atoms with Gasteiger partial charge in [-0.15, -0.1) is 11.3 Å². The molecule has 20 heavy (non-hydrogen) atoms. The van der Waals surface area contributed by atoms with Crippen molar-refractivity contribution in [3.63, 3.8) is 0 Å². The van der Waals surface area contributed by atoms with Crippen molar-refractivity contribution in [3.8, 4) is 0 Å². The molecule has 0 bridgehead atoms. The summed E-state index contributed by atoms with van der Waals surface area (Å²) in [5.74, 6) is -1.65. The molecule has 0 atom stereocenters. The van der Waals surface area contributed by atoms with Crippen LogP contribution in [-0.2, 0) is 14.3 Å². The highest BCUT2D eigenvalue weighted by atomic mass is 32.1. The van der Waals surface area contributed by atoms with E-state index in [2.05, 4.69) is 4.74 Å². The van der Waals surface area contributed by atoms with Crippen LogP contribution in [0.2, 0.25) is 0 Å². The maximum Gasteiger partial charge on any atom is 0.318 e. The van der Waals surface area contributed by atoms with E-state index in [9.17, 15) is 19.2 Å². The number of nitrogens with one attached hydrogen (secondary N) is 1. The molecular weight excluding hydrogens is 284 g/mol. The number of ketones is 1. The minimum absolute atomic E-state index is 0.0101.